The second-order valence-corrected chi connectivity index (χ2v) is 9.43. The van der Waals surface area contributed by atoms with Crippen molar-refractivity contribution in [1.82, 2.24) is 16.0 Å². The second-order valence-electron chi connectivity index (χ2n) is 9.43. The SMILES string of the molecule is C=C(/C=C(\C)OCc1cc(COC)cc(NC(=O)CNC(=O)CNC(=O)CN)c1)NC[C@@H]1Cc2ccccc2N1. The maximum absolute atomic E-state index is 12.4. The van der Waals surface area contributed by atoms with Crippen molar-refractivity contribution in [3.8, 4) is 0 Å². The highest BCUT2D eigenvalue weighted by Gasteiger charge is 2.19. The topological polar surface area (TPSA) is 156 Å². The number of nitrogens with two attached hydrogens (primary N) is 1. The standard InChI is InChI=1S/C29H38N6O5/c1-19(31-14-25-12-23-6-4-5-7-26(23)34-25)8-20(2)40-18-22-9-21(17-39-3)10-24(11-22)35-29(38)16-33-28(37)15-32-27(36)13-30/h4-11,25,31,34H,1,12-18,30H2,2-3H3,(H,32,36)(H,33,37)(H,35,38)/b20-8+/t25-/m0/s1. The van der Waals surface area contributed by atoms with E-state index in [0.717, 1.165) is 29.8 Å². The largest absolute Gasteiger partial charge is 0.493 e. The molecule has 3 amide bonds. The average molecular weight is 551 g/mol. The van der Waals surface area contributed by atoms with Crippen LogP contribution in [-0.2, 0) is 43.5 Å². The van der Waals surface area contributed by atoms with Gasteiger partial charge in [-0.05, 0) is 60.4 Å². The van der Waals surface area contributed by atoms with Crippen LogP contribution in [0.4, 0.5) is 11.4 Å². The summed E-state index contributed by atoms with van der Waals surface area (Å²) in [6, 6.07) is 14.1. The van der Waals surface area contributed by atoms with Gasteiger partial charge < -0.3 is 41.8 Å². The highest BCUT2D eigenvalue weighted by molar-refractivity contribution is 5.95. The first kappa shape index (κ1) is 30.2. The minimum atomic E-state index is -0.498. The molecule has 2 aromatic rings. The van der Waals surface area contributed by atoms with Gasteiger partial charge in [-0.15, -0.1) is 0 Å². The van der Waals surface area contributed by atoms with E-state index in [-0.39, 0.29) is 26.2 Å². The van der Waals surface area contributed by atoms with Gasteiger partial charge in [-0.25, -0.2) is 0 Å². The molecule has 7 N–H and O–H groups in total. The van der Waals surface area contributed by atoms with Gasteiger partial charge in [0.2, 0.25) is 17.7 Å². The van der Waals surface area contributed by atoms with E-state index in [1.165, 1.54) is 11.3 Å². The third-order valence-electron chi connectivity index (χ3n) is 5.99. The normalized spacial score (nSPS) is 14.0. The third kappa shape index (κ3) is 10.1. The van der Waals surface area contributed by atoms with Crippen LogP contribution in [0.2, 0.25) is 0 Å². The van der Waals surface area contributed by atoms with E-state index >= 15 is 0 Å². The Hall–Kier alpha value is -4.35. The van der Waals surface area contributed by atoms with Gasteiger partial charge in [0, 0.05) is 36.8 Å². The van der Waals surface area contributed by atoms with E-state index in [0.29, 0.717) is 24.1 Å². The number of benzene rings is 2. The molecule has 11 nitrogen and oxygen atoms in total. The summed E-state index contributed by atoms with van der Waals surface area (Å²) in [6.45, 7) is 6.58. The average Bonchev–Trinajstić information content (AvgIpc) is 3.36. The van der Waals surface area contributed by atoms with Gasteiger partial charge in [-0.1, -0.05) is 24.8 Å². The molecule has 0 radical (unpaired) electrons. The number of fused-ring (bicyclic) bond motifs is 1. The molecule has 0 saturated heterocycles. The molecule has 3 rings (SSSR count). The lowest BCUT2D eigenvalue weighted by Gasteiger charge is -2.15. The predicted molar refractivity (Wildman–Crippen MR) is 154 cm³/mol. The van der Waals surface area contributed by atoms with Crippen molar-refractivity contribution in [3.63, 3.8) is 0 Å². The zero-order chi connectivity index (χ0) is 28.9. The number of carbonyl (C=O) groups excluding carboxylic acids is 3. The Bertz CT molecular complexity index is 1220. The van der Waals surface area contributed by atoms with Crippen LogP contribution in [0.25, 0.3) is 0 Å². The van der Waals surface area contributed by atoms with Gasteiger partial charge in [-0.2, -0.15) is 0 Å². The fourth-order valence-electron chi connectivity index (χ4n) is 4.15. The van der Waals surface area contributed by atoms with E-state index in [2.05, 4.69) is 51.4 Å². The van der Waals surface area contributed by atoms with Crippen molar-refractivity contribution in [2.45, 2.75) is 32.6 Å². The van der Waals surface area contributed by atoms with Crippen LogP contribution in [0.15, 0.2) is 66.6 Å². The lowest BCUT2D eigenvalue weighted by Crippen LogP contribution is -2.41. The van der Waals surface area contributed by atoms with E-state index < -0.39 is 17.7 Å². The van der Waals surface area contributed by atoms with Crippen molar-refractivity contribution < 1.29 is 23.9 Å². The van der Waals surface area contributed by atoms with Crippen LogP contribution >= 0.6 is 0 Å². The number of hydrogen-bond acceptors (Lipinski definition) is 8. The molecule has 40 heavy (non-hydrogen) atoms. The first-order valence-electron chi connectivity index (χ1n) is 13.0. The number of rotatable bonds is 15. The molecule has 2 aromatic carbocycles. The molecule has 1 aliphatic heterocycles. The Balaban J connectivity index is 1.47. The van der Waals surface area contributed by atoms with Crippen molar-refractivity contribution in [2.24, 2.45) is 5.73 Å². The quantitative estimate of drug-likeness (QED) is 0.144. The van der Waals surface area contributed by atoms with Gasteiger partial charge >= 0.3 is 0 Å². The number of para-hydroxylation sites is 1. The van der Waals surface area contributed by atoms with E-state index in [1.807, 2.05) is 25.1 Å². The molecule has 1 aliphatic rings. The Morgan fingerprint density at radius 1 is 1.02 bits per heavy atom. The summed E-state index contributed by atoms with van der Waals surface area (Å²) in [4.78, 5) is 35.3. The molecule has 0 aliphatic carbocycles. The van der Waals surface area contributed by atoms with Gasteiger partial charge in [0.05, 0.1) is 32.0 Å². The molecule has 0 aromatic heterocycles. The van der Waals surface area contributed by atoms with E-state index in [9.17, 15) is 14.4 Å². The van der Waals surface area contributed by atoms with Crippen molar-refractivity contribution in [1.29, 1.82) is 0 Å². The number of amides is 3. The van der Waals surface area contributed by atoms with Crippen LogP contribution in [-0.4, -0.2) is 57.1 Å². The molecular formula is C29H38N6O5. The number of hydrogen-bond donors (Lipinski definition) is 6. The second kappa shape index (κ2) is 15.3. The fourth-order valence-corrected chi connectivity index (χ4v) is 4.15. The Labute approximate surface area is 234 Å². The maximum atomic E-state index is 12.4. The summed E-state index contributed by atoms with van der Waals surface area (Å²) in [5.74, 6) is -0.685. The third-order valence-corrected chi connectivity index (χ3v) is 5.99. The van der Waals surface area contributed by atoms with Crippen LogP contribution < -0.4 is 32.3 Å². The molecule has 0 saturated carbocycles. The minimum absolute atomic E-state index is 0.216. The van der Waals surface area contributed by atoms with Gasteiger partial charge in [0.1, 0.15) is 6.61 Å². The van der Waals surface area contributed by atoms with Gasteiger partial charge in [0.25, 0.3) is 0 Å². The molecule has 1 atom stereocenters. The highest BCUT2D eigenvalue weighted by atomic mass is 16.5. The first-order chi connectivity index (χ1) is 19.2. The van der Waals surface area contributed by atoms with Crippen LogP contribution in [0.3, 0.4) is 0 Å². The summed E-state index contributed by atoms with van der Waals surface area (Å²) < 4.78 is 11.2. The van der Waals surface area contributed by atoms with Crippen LogP contribution in [0, 0.1) is 0 Å². The van der Waals surface area contributed by atoms with Gasteiger partial charge in [0.15, 0.2) is 0 Å². The first-order valence-corrected chi connectivity index (χ1v) is 13.0. The number of ether oxygens (including phenoxy) is 2. The smallest absolute Gasteiger partial charge is 0.243 e. The highest BCUT2D eigenvalue weighted by Crippen LogP contribution is 2.25. The molecule has 0 spiro atoms. The van der Waals surface area contributed by atoms with E-state index in [1.54, 1.807) is 19.2 Å². The van der Waals surface area contributed by atoms with Crippen molar-refractivity contribution in [2.75, 3.05) is 43.9 Å². The summed E-state index contributed by atoms with van der Waals surface area (Å²) in [7, 11) is 1.59. The van der Waals surface area contributed by atoms with E-state index in [4.69, 9.17) is 15.2 Å². The zero-order valence-corrected chi connectivity index (χ0v) is 23.0. The summed E-state index contributed by atoms with van der Waals surface area (Å²) in [5.41, 5.74) is 10.7. The predicted octanol–water partition coefficient (Wildman–Crippen LogP) is 1.52. The van der Waals surface area contributed by atoms with Gasteiger partial charge in [-0.3, -0.25) is 14.4 Å². The summed E-state index contributed by atoms with van der Waals surface area (Å²) in [6.07, 6.45) is 2.81. The number of nitrogens with one attached hydrogen (secondary N) is 5. The number of carbonyl (C=O) groups is 3. The molecule has 11 heteroatoms. The summed E-state index contributed by atoms with van der Waals surface area (Å²) >= 11 is 0. The number of methoxy groups -OCH3 is 1. The summed E-state index contributed by atoms with van der Waals surface area (Å²) in [5, 5.41) is 14.4. The van der Waals surface area contributed by atoms with Crippen LogP contribution in [0.1, 0.15) is 23.6 Å². The lowest BCUT2D eigenvalue weighted by atomic mass is 10.1. The molecule has 0 bridgehead atoms. The lowest BCUT2D eigenvalue weighted by molar-refractivity contribution is -0.126. The molecule has 0 unspecified atom stereocenters. The molecule has 1 heterocycles. The molecule has 214 valence electrons. The van der Waals surface area contributed by atoms with Crippen molar-refractivity contribution in [3.05, 3.63) is 83.3 Å². The minimum Gasteiger partial charge on any atom is -0.493 e. The maximum Gasteiger partial charge on any atom is 0.243 e. The van der Waals surface area contributed by atoms with Crippen LogP contribution in [0.5, 0.6) is 0 Å². The van der Waals surface area contributed by atoms with Crippen molar-refractivity contribution >= 4 is 29.1 Å². The zero-order valence-electron chi connectivity index (χ0n) is 23.0. The number of allylic oxidation sites excluding steroid dienone is 2. The number of anilines is 2. The fraction of sp³-hybridized carbons (Fsp3) is 0.345. The Kier molecular flexibility index (Phi) is 11.5. The Morgan fingerprint density at radius 3 is 2.45 bits per heavy atom. The Morgan fingerprint density at radius 2 is 1.73 bits per heavy atom. The molecular weight excluding hydrogens is 512 g/mol. The monoisotopic (exact) mass is 550 g/mol. The molecule has 0 fully saturated rings.